The molecule has 0 unspecified atom stereocenters. The number of hydrogen-bond donors (Lipinski definition) is 1. The minimum Gasteiger partial charge on any atom is -0.473 e. The molecule has 1 N–H and O–H groups in total. The number of aromatic nitrogens is 3. The fraction of sp³-hybridized carbons (Fsp3) is 0.265. The fourth-order valence-corrected chi connectivity index (χ4v) is 5.74. The van der Waals surface area contributed by atoms with Gasteiger partial charge in [0.05, 0.1) is 11.1 Å². The Balaban J connectivity index is 1.31. The van der Waals surface area contributed by atoms with Crippen molar-refractivity contribution in [3.05, 3.63) is 108 Å². The zero-order valence-electron chi connectivity index (χ0n) is 23.8. The number of piperidine rings is 1. The third-order valence-electron chi connectivity index (χ3n) is 8.01. The number of carbonyl (C=O) groups is 1. The molecule has 0 spiro atoms. The summed E-state index contributed by atoms with van der Waals surface area (Å²) in [6.07, 6.45) is 0.760. The zero-order valence-corrected chi connectivity index (χ0v) is 23.8. The highest BCUT2D eigenvalue weighted by atomic mass is 16.5. The Hall–Kier alpha value is -4.85. The van der Waals surface area contributed by atoms with E-state index in [0.29, 0.717) is 37.4 Å². The van der Waals surface area contributed by atoms with Crippen LogP contribution in [0.2, 0.25) is 0 Å². The Morgan fingerprint density at radius 3 is 2.29 bits per heavy atom. The monoisotopic (exact) mass is 562 g/mol. The van der Waals surface area contributed by atoms with Gasteiger partial charge in [-0.15, -0.1) is 0 Å². The molecule has 0 radical (unpaired) electrons. The van der Waals surface area contributed by atoms with Gasteiger partial charge in [0.15, 0.2) is 0 Å². The first-order chi connectivity index (χ1) is 20.5. The highest BCUT2D eigenvalue weighted by Gasteiger charge is 2.30. The number of pyridine rings is 1. The van der Waals surface area contributed by atoms with Crippen LogP contribution >= 0.6 is 0 Å². The lowest BCUT2D eigenvalue weighted by molar-refractivity contribution is 0.107. The molecule has 1 aliphatic heterocycles. The predicted octanol–water partition coefficient (Wildman–Crippen LogP) is 7.04. The molecule has 1 aliphatic rings. The molecule has 214 valence electrons. The van der Waals surface area contributed by atoms with Crippen LogP contribution < -0.4 is 9.47 Å². The standard InChI is InChI=1S/C34H34N4O4/c1-23-19-27(17-18-38(23)34(39)40)26-13-14-28-30(20-26)37(2)36-32(28)29-15-16-31(41-21-24-9-5-3-6-10-24)35-33(29)42-22-25-11-7-4-8-12-25/h3-16,20,23,27H,17-19,21-22H2,1-2H3,(H,39,40)/t23-,27+/m0/s1. The highest BCUT2D eigenvalue weighted by Crippen LogP contribution is 2.38. The first kappa shape index (κ1) is 27.3. The van der Waals surface area contributed by atoms with E-state index in [4.69, 9.17) is 19.6 Å². The molecule has 1 saturated heterocycles. The summed E-state index contributed by atoms with van der Waals surface area (Å²) in [5.41, 5.74) is 5.90. The van der Waals surface area contributed by atoms with Crippen molar-refractivity contribution in [2.75, 3.05) is 6.54 Å². The molecule has 2 atom stereocenters. The lowest BCUT2D eigenvalue weighted by atomic mass is 9.85. The molecule has 8 nitrogen and oxygen atoms in total. The van der Waals surface area contributed by atoms with Gasteiger partial charge in [-0.25, -0.2) is 4.79 Å². The van der Waals surface area contributed by atoms with Crippen LogP contribution in [-0.4, -0.2) is 43.5 Å². The number of likely N-dealkylation sites (tertiary alicyclic amines) is 1. The molecule has 0 saturated carbocycles. The van der Waals surface area contributed by atoms with E-state index in [1.165, 1.54) is 10.5 Å². The molecule has 0 aliphatic carbocycles. The number of hydrogen-bond acceptors (Lipinski definition) is 5. The van der Waals surface area contributed by atoms with Crippen molar-refractivity contribution in [2.24, 2.45) is 7.05 Å². The SMILES string of the molecule is C[C@H]1C[C@H](c2ccc3c(-c4ccc(OCc5ccccc5)nc4OCc4ccccc4)nn(C)c3c2)CCN1C(=O)O. The molecule has 6 rings (SSSR count). The number of fused-ring (bicyclic) bond motifs is 1. The van der Waals surface area contributed by atoms with E-state index in [9.17, 15) is 9.90 Å². The minimum atomic E-state index is -0.844. The number of carboxylic acid groups (broad SMARTS) is 1. The van der Waals surface area contributed by atoms with E-state index in [0.717, 1.165) is 46.1 Å². The predicted molar refractivity (Wildman–Crippen MR) is 162 cm³/mol. The van der Waals surface area contributed by atoms with Gasteiger partial charge in [0, 0.05) is 31.1 Å². The van der Waals surface area contributed by atoms with Crippen molar-refractivity contribution in [1.29, 1.82) is 0 Å². The van der Waals surface area contributed by atoms with Crippen molar-refractivity contribution in [3.63, 3.8) is 0 Å². The van der Waals surface area contributed by atoms with E-state index >= 15 is 0 Å². The Bertz CT molecular complexity index is 1690. The summed E-state index contributed by atoms with van der Waals surface area (Å²) in [6, 6.07) is 30.3. The Morgan fingerprint density at radius 2 is 1.62 bits per heavy atom. The average molecular weight is 563 g/mol. The third kappa shape index (κ3) is 5.79. The van der Waals surface area contributed by atoms with Crippen molar-refractivity contribution in [1.82, 2.24) is 19.7 Å². The van der Waals surface area contributed by atoms with Crippen LogP contribution in [0, 0.1) is 0 Å². The van der Waals surface area contributed by atoms with Crippen molar-refractivity contribution in [3.8, 4) is 23.0 Å². The Kier molecular flexibility index (Phi) is 7.77. The van der Waals surface area contributed by atoms with Crippen LogP contribution in [0.3, 0.4) is 0 Å². The van der Waals surface area contributed by atoms with Crippen LogP contribution in [0.25, 0.3) is 22.2 Å². The van der Waals surface area contributed by atoms with Crippen molar-refractivity contribution >= 4 is 17.0 Å². The molecule has 42 heavy (non-hydrogen) atoms. The number of rotatable bonds is 8. The van der Waals surface area contributed by atoms with Crippen LogP contribution in [-0.2, 0) is 20.3 Å². The van der Waals surface area contributed by atoms with Gasteiger partial charge in [-0.05, 0) is 54.5 Å². The molecule has 0 bridgehead atoms. The van der Waals surface area contributed by atoms with Crippen molar-refractivity contribution in [2.45, 2.75) is 44.9 Å². The topological polar surface area (TPSA) is 89.7 Å². The molecule has 5 aromatic rings. The second-order valence-electron chi connectivity index (χ2n) is 10.8. The van der Waals surface area contributed by atoms with Gasteiger partial charge in [0.1, 0.15) is 18.9 Å². The lowest BCUT2D eigenvalue weighted by Gasteiger charge is -2.36. The van der Waals surface area contributed by atoms with E-state index in [-0.39, 0.29) is 6.04 Å². The van der Waals surface area contributed by atoms with Crippen LogP contribution in [0.4, 0.5) is 4.79 Å². The number of amides is 1. The van der Waals surface area contributed by atoms with E-state index in [1.807, 2.05) is 91.4 Å². The molecular weight excluding hydrogens is 528 g/mol. The van der Waals surface area contributed by atoms with Gasteiger partial charge in [-0.2, -0.15) is 10.1 Å². The van der Waals surface area contributed by atoms with Gasteiger partial charge >= 0.3 is 6.09 Å². The van der Waals surface area contributed by atoms with Crippen LogP contribution in [0.15, 0.2) is 91.0 Å². The molecular formula is C34H34N4O4. The second-order valence-corrected chi connectivity index (χ2v) is 10.8. The van der Waals surface area contributed by atoms with E-state index in [2.05, 4.69) is 18.2 Å². The summed E-state index contributed by atoms with van der Waals surface area (Å²) in [4.78, 5) is 17.8. The third-order valence-corrected chi connectivity index (χ3v) is 8.01. The van der Waals surface area contributed by atoms with Gasteiger partial charge in [0.2, 0.25) is 11.8 Å². The maximum Gasteiger partial charge on any atom is 0.407 e. The molecule has 3 aromatic carbocycles. The summed E-state index contributed by atoms with van der Waals surface area (Å²) in [7, 11) is 1.94. The highest BCUT2D eigenvalue weighted by molar-refractivity contribution is 5.95. The van der Waals surface area contributed by atoms with E-state index in [1.54, 1.807) is 0 Å². The van der Waals surface area contributed by atoms with Crippen molar-refractivity contribution < 1.29 is 19.4 Å². The largest absolute Gasteiger partial charge is 0.473 e. The Morgan fingerprint density at radius 1 is 0.929 bits per heavy atom. The molecule has 3 heterocycles. The second kappa shape index (κ2) is 11.9. The fourth-order valence-electron chi connectivity index (χ4n) is 5.74. The van der Waals surface area contributed by atoms with Crippen LogP contribution in [0.5, 0.6) is 11.8 Å². The maximum atomic E-state index is 11.5. The van der Waals surface area contributed by atoms with Gasteiger partial charge in [-0.3, -0.25) is 4.68 Å². The van der Waals surface area contributed by atoms with Crippen LogP contribution in [0.1, 0.15) is 42.4 Å². The summed E-state index contributed by atoms with van der Waals surface area (Å²) >= 11 is 0. The smallest absolute Gasteiger partial charge is 0.407 e. The molecule has 1 amide bonds. The molecule has 8 heteroatoms. The zero-order chi connectivity index (χ0) is 29.1. The molecule has 2 aromatic heterocycles. The summed E-state index contributed by atoms with van der Waals surface area (Å²) in [5.74, 6) is 1.24. The number of ether oxygens (including phenoxy) is 2. The first-order valence-corrected chi connectivity index (χ1v) is 14.3. The summed E-state index contributed by atoms with van der Waals surface area (Å²) < 4.78 is 14.2. The quantitative estimate of drug-likeness (QED) is 0.218. The average Bonchev–Trinajstić information content (AvgIpc) is 3.35. The summed E-state index contributed by atoms with van der Waals surface area (Å²) in [6.45, 7) is 3.30. The minimum absolute atomic E-state index is 0.0166. The number of aryl methyl sites for hydroxylation is 1. The number of nitrogens with zero attached hydrogens (tertiary/aromatic N) is 4. The van der Waals surface area contributed by atoms with Gasteiger partial charge in [0.25, 0.3) is 0 Å². The summed E-state index contributed by atoms with van der Waals surface area (Å²) in [5, 5.41) is 15.4. The van der Waals surface area contributed by atoms with E-state index < -0.39 is 6.09 Å². The van der Waals surface area contributed by atoms with Gasteiger partial charge in [-0.1, -0.05) is 72.8 Å². The first-order valence-electron chi connectivity index (χ1n) is 14.3. The maximum absolute atomic E-state index is 11.5. The lowest BCUT2D eigenvalue weighted by Crippen LogP contribution is -2.43. The normalized spacial score (nSPS) is 16.9. The molecule has 1 fully saturated rings. The number of benzene rings is 3. The Labute approximate surface area is 245 Å². The van der Waals surface area contributed by atoms with Gasteiger partial charge < -0.3 is 19.5 Å².